The third-order valence-corrected chi connectivity index (χ3v) is 3.57. The summed E-state index contributed by atoms with van der Waals surface area (Å²) in [6, 6.07) is 5.10. The minimum atomic E-state index is -0.465. The van der Waals surface area contributed by atoms with Crippen LogP contribution in [0.25, 0.3) is 0 Å². The number of halogens is 1. The summed E-state index contributed by atoms with van der Waals surface area (Å²) in [6.45, 7) is 4.19. The van der Waals surface area contributed by atoms with Crippen molar-refractivity contribution < 1.29 is 9.59 Å². The fourth-order valence-electron chi connectivity index (χ4n) is 2.19. The Bertz CT molecular complexity index is 516. The summed E-state index contributed by atoms with van der Waals surface area (Å²) in [4.78, 5) is 25.6. The molecule has 0 spiro atoms. The van der Waals surface area contributed by atoms with E-state index in [0.29, 0.717) is 30.1 Å². The fourth-order valence-corrected chi connectivity index (χ4v) is 2.52. The van der Waals surface area contributed by atoms with Crippen molar-refractivity contribution in [1.29, 1.82) is 0 Å². The molecule has 1 N–H and O–H groups in total. The molecule has 0 aliphatic carbocycles. The third-order valence-electron chi connectivity index (χ3n) is 3.26. The summed E-state index contributed by atoms with van der Waals surface area (Å²) >= 11 is 6.21. The molecule has 19 heavy (non-hydrogen) atoms. The Labute approximate surface area is 117 Å². The van der Waals surface area contributed by atoms with Crippen LogP contribution in [-0.4, -0.2) is 24.4 Å². The van der Waals surface area contributed by atoms with E-state index in [1.54, 1.807) is 4.90 Å². The van der Waals surface area contributed by atoms with Gasteiger partial charge in [-0.1, -0.05) is 24.6 Å². The summed E-state index contributed by atoms with van der Waals surface area (Å²) in [5.74, 6) is -0.190. The highest BCUT2D eigenvalue weighted by atomic mass is 35.5. The molecule has 1 heterocycles. The van der Waals surface area contributed by atoms with Gasteiger partial charge in [-0.15, -0.1) is 0 Å². The van der Waals surface area contributed by atoms with Crippen molar-refractivity contribution in [1.82, 2.24) is 5.32 Å². The average molecular weight is 281 g/mol. The minimum Gasteiger partial charge on any atom is -0.344 e. The molecule has 0 saturated carbocycles. The zero-order valence-electron chi connectivity index (χ0n) is 11.1. The van der Waals surface area contributed by atoms with Crippen molar-refractivity contribution in [2.45, 2.75) is 32.7 Å². The largest absolute Gasteiger partial charge is 0.344 e. The second-order valence-electron chi connectivity index (χ2n) is 4.72. The zero-order chi connectivity index (χ0) is 14.0. The molecule has 1 aliphatic rings. The van der Waals surface area contributed by atoms with Crippen molar-refractivity contribution in [3.63, 3.8) is 0 Å². The van der Waals surface area contributed by atoms with Crippen LogP contribution in [0.4, 0.5) is 5.69 Å². The maximum Gasteiger partial charge on any atom is 0.249 e. The van der Waals surface area contributed by atoms with Crippen molar-refractivity contribution in [3.05, 3.63) is 28.8 Å². The number of anilines is 1. The van der Waals surface area contributed by atoms with Crippen LogP contribution in [-0.2, 0) is 9.59 Å². The lowest BCUT2D eigenvalue weighted by atomic mass is 10.1. The van der Waals surface area contributed by atoms with Crippen LogP contribution in [0.15, 0.2) is 18.2 Å². The predicted molar refractivity (Wildman–Crippen MR) is 75.4 cm³/mol. The summed E-state index contributed by atoms with van der Waals surface area (Å²) < 4.78 is 0. The third kappa shape index (κ3) is 2.89. The summed E-state index contributed by atoms with van der Waals surface area (Å²) in [6.07, 6.45) is 0.872. The van der Waals surface area contributed by atoms with E-state index < -0.39 is 6.04 Å². The predicted octanol–water partition coefficient (Wildman–Crippen LogP) is 2.28. The normalized spacial score (nSPS) is 20.2. The summed E-state index contributed by atoms with van der Waals surface area (Å²) in [5.41, 5.74) is 1.71. The first-order valence-electron chi connectivity index (χ1n) is 6.39. The van der Waals surface area contributed by atoms with Crippen molar-refractivity contribution in [2.75, 3.05) is 11.4 Å². The monoisotopic (exact) mass is 280 g/mol. The molecule has 4 nitrogen and oxygen atoms in total. The van der Waals surface area contributed by atoms with E-state index in [2.05, 4.69) is 5.32 Å². The second-order valence-corrected chi connectivity index (χ2v) is 5.13. The van der Waals surface area contributed by atoms with Crippen molar-refractivity contribution in [2.24, 2.45) is 0 Å². The number of hydrogen-bond donors (Lipinski definition) is 1. The SMILES string of the molecule is CCC1NC(=O)CCN(c2ccc(C)cc2Cl)C1=O. The standard InChI is InChI=1S/C14H17ClN2O2/c1-3-11-14(19)17(7-6-13(18)16-11)12-5-4-9(2)8-10(12)15/h4-5,8,11H,3,6-7H2,1-2H3,(H,16,18). The first-order valence-corrected chi connectivity index (χ1v) is 6.77. The molecule has 1 fully saturated rings. The Kier molecular flexibility index (Phi) is 4.10. The summed E-state index contributed by atoms with van der Waals surface area (Å²) in [5, 5.41) is 3.28. The Morgan fingerprint density at radius 1 is 1.42 bits per heavy atom. The van der Waals surface area contributed by atoms with Crippen molar-refractivity contribution in [3.8, 4) is 0 Å². The zero-order valence-corrected chi connectivity index (χ0v) is 11.8. The Morgan fingerprint density at radius 3 is 2.79 bits per heavy atom. The molecule has 1 aromatic carbocycles. The van der Waals surface area contributed by atoms with Gasteiger partial charge in [-0.25, -0.2) is 0 Å². The lowest BCUT2D eigenvalue weighted by Gasteiger charge is -2.24. The summed E-state index contributed by atoms with van der Waals surface area (Å²) in [7, 11) is 0. The highest BCUT2D eigenvalue weighted by molar-refractivity contribution is 6.34. The Hall–Kier alpha value is -1.55. The van der Waals surface area contributed by atoms with Gasteiger partial charge in [0.05, 0.1) is 10.7 Å². The van der Waals surface area contributed by atoms with E-state index in [4.69, 9.17) is 11.6 Å². The van der Waals surface area contributed by atoms with Gasteiger partial charge in [0.15, 0.2) is 0 Å². The van der Waals surface area contributed by atoms with Crippen LogP contribution in [0.3, 0.4) is 0 Å². The van der Waals surface area contributed by atoms with Crippen LogP contribution >= 0.6 is 11.6 Å². The maximum atomic E-state index is 12.4. The molecule has 1 atom stereocenters. The van der Waals surface area contributed by atoms with Gasteiger partial charge in [-0.05, 0) is 31.0 Å². The highest BCUT2D eigenvalue weighted by Crippen LogP contribution is 2.28. The van der Waals surface area contributed by atoms with Gasteiger partial charge in [0.25, 0.3) is 0 Å². The van der Waals surface area contributed by atoms with Crippen LogP contribution < -0.4 is 10.2 Å². The topological polar surface area (TPSA) is 49.4 Å². The maximum absolute atomic E-state index is 12.4. The molecule has 102 valence electrons. The van der Waals surface area contributed by atoms with Gasteiger partial charge >= 0.3 is 0 Å². The van der Waals surface area contributed by atoms with Gasteiger partial charge < -0.3 is 10.2 Å². The van der Waals surface area contributed by atoms with Crippen molar-refractivity contribution >= 4 is 29.1 Å². The van der Waals surface area contributed by atoms with Crippen LogP contribution in [0.1, 0.15) is 25.3 Å². The van der Waals surface area contributed by atoms with Gasteiger partial charge in [0.1, 0.15) is 6.04 Å². The highest BCUT2D eigenvalue weighted by Gasteiger charge is 2.30. The Morgan fingerprint density at radius 2 is 2.16 bits per heavy atom. The number of nitrogens with one attached hydrogen (secondary N) is 1. The van der Waals surface area contributed by atoms with E-state index in [9.17, 15) is 9.59 Å². The molecule has 0 radical (unpaired) electrons. The number of hydrogen-bond acceptors (Lipinski definition) is 2. The van der Waals surface area contributed by atoms with E-state index >= 15 is 0 Å². The van der Waals surface area contributed by atoms with E-state index in [1.807, 2.05) is 32.0 Å². The molecule has 5 heteroatoms. The molecular weight excluding hydrogens is 264 g/mol. The second kappa shape index (κ2) is 5.61. The molecule has 1 unspecified atom stereocenters. The van der Waals surface area contributed by atoms with Gasteiger partial charge in [-0.3, -0.25) is 9.59 Å². The van der Waals surface area contributed by atoms with Gasteiger partial charge in [-0.2, -0.15) is 0 Å². The smallest absolute Gasteiger partial charge is 0.249 e. The molecular formula is C14H17ClN2O2. The fraction of sp³-hybridized carbons (Fsp3) is 0.429. The first kappa shape index (κ1) is 13.9. The quantitative estimate of drug-likeness (QED) is 0.903. The molecule has 1 saturated heterocycles. The number of carbonyl (C=O) groups is 2. The number of nitrogens with zero attached hydrogens (tertiary/aromatic N) is 1. The molecule has 1 aliphatic heterocycles. The number of aryl methyl sites for hydroxylation is 1. The molecule has 1 aromatic rings. The van der Waals surface area contributed by atoms with Crippen LogP contribution in [0.5, 0.6) is 0 Å². The number of amides is 2. The average Bonchev–Trinajstić information content (AvgIpc) is 2.50. The molecule has 0 aromatic heterocycles. The van der Waals surface area contributed by atoms with Crippen LogP contribution in [0.2, 0.25) is 5.02 Å². The van der Waals surface area contributed by atoms with E-state index in [1.165, 1.54) is 0 Å². The lowest BCUT2D eigenvalue weighted by Crippen LogP contribution is -2.44. The number of carbonyl (C=O) groups excluding carboxylic acids is 2. The lowest BCUT2D eigenvalue weighted by molar-refractivity contribution is -0.125. The van der Waals surface area contributed by atoms with Gasteiger partial charge in [0.2, 0.25) is 11.8 Å². The Balaban J connectivity index is 2.36. The first-order chi connectivity index (χ1) is 9.02. The molecule has 2 rings (SSSR count). The molecule has 2 amide bonds. The minimum absolute atomic E-state index is 0.0917. The van der Waals surface area contributed by atoms with Gasteiger partial charge in [0, 0.05) is 13.0 Å². The van der Waals surface area contributed by atoms with E-state index in [0.717, 1.165) is 5.56 Å². The number of benzene rings is 1. The van der Waals surface area contributed by atoms with E-state index in [-0.39, 0.29) is 11.8 Å². The number of rotatable bonds is 2. The molecule has 0 bridgehead atoms. The van der Waals surface area contributed by atoms with Crippen LogP contribution in [0, 0.1) is 6.92 Å².